The van der Waals surface area contributed by atoms with Gasteiger partial charge >= 0.3 is 14.2 Å². The lowest BCUT2D eigenvalue weighted by Gasteiger charge is -2.32. The van der Waals surface area contributed by atoms with Crippen LogP contribution < -0.4 is 10.9 Å². The molecule has 0 unspecified atom stereocenters. The molecule has 0 amide bonds. The molecule has 0 aliphatic carbocycles. The Balaban J connectivity index is 0.000000209. The van der Waals surface area contributed by atoms with Gasteiger partial charge in [0, 0.05) is 10.9 Å². The zero-order valence-electron chi connectivity index (χ0n) is 16.6. The summed E-state index contributed by atoms with van der Waals surface area (Å²) in [6.45, 7) is 15.2. The predicted octanol–water partition coefficient (Wildman–Crippen LogP) is 0.562. The molecule has 10 heteroatoms. The van der Waals surface area contributed by atoms with Crippen LogP contribution in [-0.4, -0.2) is 45.8 Å². The highest BCUT2D eigenvalue weighted by molar-refractivity contribution is 6.63. The largest absolute Gasteiger partial charge is 0.500 e. The van der Waals surface area contributed by atoms with Crippen LogP contribution in [-0.2, 0) is 9.31 Å². The van der Waals surface area contributed by atoms with E-state index in [2.05, 4.69) is 14.8 Å². The SMILES string of the molecule is Cc1noc(C)c1B(O)O.Cc1noc(C)c1B1OC(C)(C)C(C)(C)O1. The predicted molar refractivity (Wildman–Crippen MR) is 97.5 cm³/mol. The summed E-state index contributed by atoms with van der Waals surface area (Å²) in [6, 6.07) is 0. The minimum atomic E-state index is -1.48. The average Bonchev–Trinajstić information content (AvgIpc) is 3.06. The van der Waals surface area contributed by atoms with Gasteiger partial charge in [0.1, 0.15) is 11.5 Å². The number of hydrogen-bond donors (Lipinski definition) is 2. The van der Waals surface area contributed by atoms with E-state index >= 15 is 0 Å². The molecule has 1 aliphatic heterocycles. The van der Waals surface area contributed by atoms with Gasteiger partial charge in [0.05, 0.1) is 22.6 Å². The first kappa shape index (κ1) is 20.7. The molecule has 0 radical (unpaired) electrons. The summed E-state index contributed by atoms with van der Waals surface area (Å²) in [5.41, 5.74) is 1.98. The van der Waals surface area contributed by atoms with Crippen LogP contribution in [0.25, 0.3) is 0 Å². The molecule has 1 fully saturated rings. The fourth-order valence-electron chi connectivity index (χ4n) is 2.65. The number of nitrogens with zero attached hydrogens (tertiary/aromatic N) is 2. The standard InChI is InChI=1S/C11H18BNO3.C5H8BNO3/c1-7-9(8(2)14-13-7)12-15-10(3,4)11(5,6)16-12;1-3-5(6(8)9)4(2)10-7-3/h1-6H3;8-9H,1-2H3. The topological polar surface area (TPSA) is 111 Å². The molecule has 2 aromatic rings. The number of aryl methyl sites for hydroxylation is 4. The Hall–Kier alpha value is -1.61. The van der Waals surface area contributed by atoms with Crippen LogP contribution in [0.5, 0.6) is 0 Å². The van der Waals surface area contributed by atoms with Gasteiger partial charge in [0.15, 0.2) is 0 Å². The van der Waals surface area contributed by atoms with E-state index in [0.717, 1.165) is 16.9 Å². The van der Waals surface area contributed by atoms with Crippen molar-refractivity contribution in [3.05, 3.63) is 22.9 Å². The maximum absolute atomic E-state index is 8.73. The second-order valence-corrected chi connectivity index (χ2v) is 7.44. The number of rotatable bonds is 2. The lowest BCUT2D eigenvalue weighted by molar-refractivity contribution is 0.00578. The highest BCUT2D eigenvalue weighted by Crippen LogP contribution is 2.36. The molecule has 2 N–H and O–H groups in total. The highest BCUT2D eigenvalue weighted by Gasteiger charge is 2.53. The molecule has 1 aliphatic rings. The van der Waals surface area contributed by atoms with Crippen molar-refractivity contribution in [3.63, 3.8) is 0 Å². The third kappa shape index (κ3) is 3.88. The summed E-state index contributed by atoms with van der Waals surface area (Å²) in [5.74, 6) is 1.21. The minimum Gasteiger partial charge on any atom is -0.423 e. The fourth-order valence-corrected chi connectivity index (χ4v) is 2.65. The third-order valence-electron chi connectivity index (χ3n) is 4.92. The molecule has 8 nitrogen and oxygen atoms in total. The van der Waals surface area contributed by atoms with E-state index in [0.29, 0.717) is 16.9 Å². The molecule has 3 rings (SSSR count). The van der Waals surface area contributed by atoms with Gasteiger partial charge in [-0.25, -0.2) is 0 Å². The summed E-state index contributed by atoms with van der Waals surface area (Å²) < 4.78 is 21.7. The molecule has 0 aromatic carbocycles. The fraction of sp³-hybridized carbons (Fsp3) is 0.625. The van der Waals surface area contributed by atoms with E-state index in [1.54, 1.807) is 13.8 Å². The second kappa shape index (κ2) is 7.19. The van der Waals surface area contributed by atoms with Crippen molar-refractivity contribution in [1.82, 2.24) is 10.3 Å². The van der Waals surface area contributed by atoms with E-state index in [4.69, 9.17) is 23.9 Å². The van der Waals surface area contributed by atoms with Gasteiger partial charge in [-0.15, -0.1) is 0 Å². The van der Waals surface area contributed by atoms with E-state index in [1.807, 2.05) is 41.5 Å². The molecule has 2 aromatic heterocycles. The van der Waals surface area contributed by atoms with Crippen molar-refractivity contribution < 1.29 is 28.4 Å². The first-order chi connectivity index (χ1) is 11.9. The van der Waals surface area contributed by atoms with Crippen molar-refractivity contribution in [3.8, 4) is 0 Å². The van der Waals surface area contributed by atoms with E-state index in [9.17, 15) is 0 Å². The molecule has 0 bridgehead atoms. The van der Waals surface area contributed by atoms with E-state index in [-0.39, 0.29) is 18.3 Å². The molecule has 0 spiro atoms. The van der Waals surface area contributed by atoms with Gasteiger partial charge in [-0.2, -0.15) is 0 Å². The molecule has 142 valence electrons. The van der Waals surface area contributed by atoms with E-state index in [1.165, 1.54) is 0 Å². The zero-order chi connectivity index (χ0) is 19.9. The summed E-state index contributed by atoms with van der Waals surface area (Å²) in [6.07, 6.45) is 0. The summed E-state index contributed by atoms with van der Waals surface area (Å²) in [5, 5.41) is 24.9. The Bertz CT molecular complexity index is 714. The van der Waals surface area contributed by atoms with Crippen LogP contribution in [0.15, 0.2) is 9.05 Å². The van der Waals surface area contributed by atoms with Crippen molar-refractivity contribution >= 4 is 25.2 Å². The zero-order valence-corrected chi connectivity index (χ0v) is 16.6. The molecular formula is C16H26B2N2O6. The summed E-state index contributed by atoms with van der Waals surface area (Å²) in [7, 11) is -1.86. The third-order valence-corrected chi connectivity index (χ3v) is 4.92. The van der Waals surface area contributed by atoms with Gasteiger partial charge < -0.3 is 28.4 Å². The lowest BCUT2D eigenvalue weighted by atomic mass is 9.77. The van der Waals surface area contributed by atoms with Crippen LogP contribution in [0.1, 0.15) is 50.6 Å². The molecule has 3 heterocycles. The molecule has 1 saturated heterocycles. The van der Waals surface area contributed by atoms with Gasteiger partial charge in [0.2, 0.25) is 0 Å². The van der Waals surface area contributed by atoms with Crippen LogP contribution in [0.3, 0.4) is 0 Å². The monoisotopic (exact) mass is 364 g/mol. The van der Waals surface area contributed by atoms with Crippen LogP contribution in [0.2, 0.25) is 0 Å². The van der Waals surface area contributed by atoms with Gasteiger partial charge in [-0.1, -0.05) is 10.3 Å². The highest BCUT2D eigenvalue weighted by atomic mass is 16.7. The Morgan fingerprint density at radius 1 is 0.808 bits per heavy atom. The Kier molecular flexibility index (Phi) is 5.72. The Morgan fingerprint density at radius 2 is 1.27 bits per heavy atom. The average molecular weight is 364 g/mol. The Morgan fingerprint density at radius 3 is 1.58 bits per heavy atom. The normalized spacial score (nSPS) is 17.8. The van der Waals surface area contributed by atoms with E-state index < -0.39 is 7.12 Å². The van der Waals surface area contributed by atoms with Gasteiger partial charge in [0.25, 0.3) is 0 Å². The van der Waals surface area contributed by atoms with Gasteiger partial charge in [-0.05, 0) is 55.4 Å². The molecule has 0 saturated carbocycles. The smallest absolute Gasteiger partial charge is 0.423 e. The minimum absolute atomic E-state index is 0.326. The van der Waals surface area contributed by atoms with Crippen molar-refractivity contribution in [2.75, 3.05) is 0 Å². The number of aromatic nitrogens is 2. The van der Waals surface area contributed by atoms with Crippen LogP contribution >= 0.6 is 0 Å². The Labute approximate surface area is 154 Å². The lowest BCUT2D eigenvalue weighted by Crippen LogP contribution is -2.41. The molecule has 0 atom stereocenters. The molecular weight excluding hydrogens is 338 g/mol. The maximum atomic E-state index is 8.73. The van der Waals surface area contributed by atoms with Crippen molar-refractivity contribution in [1.29, 1.82) is 0 Å². The second-order valence-electron chi connectivity index (χ2n) is 7.44. The van der Waals surface area contributed by atoms with Crippen LogP contribution in [0.4, 0.5) is 0 Å². The van der Waals surface area contributed by atoms with Crippen molar-refractivity contribution in [2.45, 2.75) is 66.6 Å². The maximum Gasteiger partial charge on any atom is 0.500 e. The first-order valence-electron chi connectivity index (χ1n) is 8.44. The molecule has 26 heavy (non-hydrogen) atoms. The summed E-state index contributed by atoms with van der Waals surface area (Å²) in [4.78, 5) is 0. The van der Waals surface area contributed by atoms with Gasteiger partial charge in [-0.3, -0.25) is 0 Å². The van der Waals surface area contributed by atoms with Crippen LogP contribution in [0, 0.1) is 27.7 Å². The first-order valence-corrected chi connectivity index (χ1v) is 8.44. The summed E-state index contributed by atoms with van der Waals surface area (Å²) >= 11 is 0. The van der Waals surface area contributed by atoms with Crippen molar-refractivity contribution in [2.24, 2.45) is 0 Å². The number of hydrogen-bond acceptors (Lipinski definition) is 8. The quantitative estimate of drug-likeness (QED) is 0.744.